The third-order valence-corrected chi connectivity index (χ3v) is 7.61. The van der Waals surface area contributed by atoms with Crippen LogP contribution in [0.5, 0.6) is 0 Å². The second-order valence-corrected chi connectivity index (χ2v) is 10.9. The van der Waals surface area contributed by atoms with Gasteiger partial charge in [0.2, 0.25) is 5.78 Å². The standard InChI is InChI=1S/C18H15BrN5O6PS.Na.H2O/c19-17-21-11-14(24(17)16-12(25)13-10(29-16)7-28-31(27,32)30-13)22-18-20-9(6-23(18)15(11)26)8-4-2-1-3-5-8;;/h1-6,10,12-13,16,25H,7H2,(H,20,22)(H,27,32);;1H2/q;+1;/p-1. The molecule has 5 heterocycles. The predicted molar refractivity (Wildman–Crippen MR) is 121 cm³/mol. The van der Waals surface area contributed by atoms with Crippen LogP contribution in [0.3, 0.4) is 0 Å². The zero-order chi connectivity index (χ0) is 22.2. The maximum absolute atomic E-state index is 13.1. The molecule has 1 aromatic carbocycles. The van der Waals surface area contributed by atoms with E-state index in [0.29, 0.717) is 11.5 Å². The van der Waals surface area contributed by atoms with Gasteiger partial charge in [0, 0.05) is 6.20 Å². The summed E-state index contributed by atoms with van der Waals surface area (Å²) in [4.78, 5) is 37.2. The van der Waals surface area contributed by atoms with Crippen LogP contribution in [-0.2, 0) is 25.6 Å². The molecule has 6 rings (SSSR count). The van der Waals surface area contributed by atoms with E-state index in [9.17, 15) is 14.8 Å². The maximum atomic E-state index is 13.1. The molecule has 5 atom stereocenters. The molecule has 2 aliphatic heterocycles. The topological polar surface area (TPSA) is 170 Å². The first-order chi connectivity index (χ1) is 15.3. The van der Waals surface area contributed by atoms with Crippen LogP contribution in [0.1, 0.15) is 6.23 Å². The molecule has 12 nitrogen and oxygen atoms in total. The Morgan fingerprint density at radius 2 is 2.03 bits per heavy atom. The second-order valence-electron chi connectivity index (χ2n) is 7.44. The molecule has 0 saturated carbocycles. The van der Waals surface area contributed by atoms with E-state index in [0.717, 1.165) is 5.56 Å². The quantitative estimate of drug-likeness (QED) is 0.145. The maximum Gasteiger partial charge on any atom is 1.00 e. The number of nitrogens with zero attached hydrogens (tertiary/aromatic N) is 4. The van der Waals surface area contributed by atoms with E-state index in [4.69, 9.17) is 25.6 Å². The fourth-order valence-corrected chi connectivity index (χ4v) is 6.01. The molecule has 4 aromatic rings. The summed E-state index contributed by atoms with van der Waals surface area (Å²) in [6, 6.07) is 9.51. The molecule has 3 aromatic heterocycles. The molecule has 34 heavy (non-hydrogen) atoms. The van der Waals surface area contributed by atoms with Crippen molar-refractivity contribution < 1.29 is 58.8 Å². The van der Waals surface area contributed by atoms with E-state index in [1.807, 2.05) is 30.3 Å². The van der Waals surface area contributed by atoms with Crippen LogP contribution in [0.2, 0.25) is 0 Å². The Kier molecular flexibility index (Phi) is 7.26. The minimum atomic E-state index is -3.69. The number of imidazole rings is 2. The summed E-state index contributed by atoms with van der Waals surface area (Å²) in [7, 11) is 0. The van der Waals surface area contributed by atoms with Crippen molar-refractivity contribution >= 4 is 51.4 Å². The van der Waals surface area contributed by atoms with Gasteiger partial charge in [-0.2, -0.15) is 4.98 Å². The Hall–Kier alpha value is -1.000. The van der Waals surface area contributed by atoms with Crippen LogP contribution in [0.4, 0.5) is 0 Å². The molecule has 2 fully saturated rings. The number of nitrogens with one attached hydrogen (secondary N) is 1. The van der Waals surface area contributed by atoms with Crippen molar-refractivity contribution in [3.05, 3.63) is 51.6 Å². The number of H-pyrrole nitrogens is 1. The van der Waals surface area contributed by atoms with Crippen LogP contribution in [-0.4, -0.2) is 59.4 Å². The van der Waals surface area contributed by atoms with Crippen molar-refractivity contribution in [3.63, 3.8) is 0 Å². The number of aliphatic hydroxyl groups is 1. The summed E-state index contributed by atoms with van der Waals surface area (Å²) in [5.74, 6) is 0.301. The van der Waals surface area contributed by atoms with Crippen LogP contribution >= 0.6 is 22.6 Å². The monoisotopic (exact) mass is 579 g/mol. The van der Waals surface area contributed by atoms with Gasteiger partial charge in [0.1, 0.15) is 25.0 Å². The smallest absolute Gasteiger partial charge is 0.780 e. The largest absolute Gasteiger partial charge is 1.00 e. The van der Waals surface area contributed by atoms with E-state index in [-0.39, 0.29) is 63.1 Å². The predicted octanol–water partition coefficient (Wildman–Crippen LogP) is -2.76. The number of hydrogen-bond acceptors (Lipinski definition) is 9. The van der Waals surface area contributed by atoms with Crippen LogP contribution in [0, 0.1) is 0 Å². The van der Waals surface area contributed by atoms with Gasteiger partial charge in [-0.25, -0.2) is 9.38 Å². The number of aromatic nitrogens is 5. The van der Waals surface area contributed by atoms with E-state index >= 15 is 0 Å². The van der Waals surface area contributed by atoms with Gasteiger partial charge in [-0.3, -0.25) is 9.36 Å². The molecule has 0 bridgehead atoms. The Labute approximate surface area is 226 Å². The Morgan fingerprint density at radius 3 is 2.76 bits per heavy atom. The minimum Gasteiger partial charge on any atom is -0.780 e. The number of ether oxygens (including phenoxy) is 1. The van der Waals surface area contributed by atoms with Crippen molar-refractivity contribution in [3.8, 4) is 11.3 Å². The third-order valence-electron chi connectivity index (χ3n) is 5.51. The molecule has 4 N–H and O–H groups in total. The van der Waals surface area contributed by atoms with Gasteiger partial charge in [-0.15, -0.1) is 0 Å². The van der Waals surface area contributed by atoms with Gasteiger partial charge in [0.05, 0.1) is 12.3 Å². The Balaban J connectivity index is 0.00000137. The van der Waals surface area contributed by atoms with Gasteiger partial charge in [0.15, 0.2) is 22.1 Å². The van der Waals surface area contributed by atoms with E-state index in [1.165, 1.54) is 8.97 Å². The first kappa shape index (κ1) is 26.1. The zero-order valence-electron chi connectivity index (χ0n) is 17.5. The van der Waals surface area contributed by atoms with Crippen molar-refractivity contribution in [1.82, 2.24) is 23.9 Å². The first-order valence-electron chi connectivity index (χ1n) is 9.54. The normalized spacial score (nSPS) is 28.4. The second kappa shape index (κ2) is 9.47. The van der Waals surface area contributed by atoms with Gasteiger partial charge in [-0.05, 0) is 21.5 Å². The average Bonchev–Trinajstić information content (AvgIpc) is 3.43. The summed E-state index contributed by atoms with van der Waals surface area (Å²) in [5.41, 5.74) is 1.51. The molecular formula is C18H16BrN5NaO7PS. The van der Waals surface area contributed by atoms with E-state index in [2.05, 4.69) is 30.9 Å². The van der Waals surface area contributed by atoms with Crippen molar-refractivity contribution in [2.75, 3.05) is 6.61 Å². The zero-order valence-corrected chi connectivity index (χ0v) is 22.8. The molecule has 16 heteroatoms. The number of fused-ring (bicyclic) bond motifs is 3. The summed E-state index contributed by atoms with van der Waals surface area (Å²) < 4.78 is 19.3. The number of rotatable bonds is 2. The molecule has 174 valence electrons. The fourth-order valence-electron chi connectivity index (χ4n) is 4.03. The molecule has 0 amide bonds. The first-order valence-corrected chi connectivity index (χ1v) is 12.9. The Bertz CT molecular complexity index is 1480. The molecule has 0 radical (unpaired) electrons. The summed E-state index contributed by atoms with van der Waals surface area (Å²) in [6.07, 6.45) is -2.23. The van der Waals surface area contributed by atoms with Gasteiger partial charge < -0.3 is 34.2 Å². The van der Waals surface area contributed by atoms with Crippen molar-refractivity contribution in [2.45, 2.75) is 24.5 Å². The Morgan fingerprint density at radius 1 is 1.29 bits per heavy atom. The summed E-state index contributed by atoms with van der Waals surface area (Å²) in [6.45, 7) is -3.77. The van der Waals surface area contributed by atoms with Gasteiger partial charge in [-0.1, -0.05) is 42.1 Å². The fraction of sp³-hybridized carbons (Fsp3) is 0.278. The molecule has 2 saturated heterocycles. The average molecular weight is 580 g/mol. The summed E-state index contributed by atoms with van der Waals surface area (Å²) in [5, 5.41) is 10.8. The van der Waals surface area contributed by atoms with Gasteiger partial charge >= 0.3 is 29.6 Å². The van der Waals surface area contributed by atoms with Crippen LogP contribution < -0.4 is 40.0 Å². The van der Waals surface area contributed by atoms with E-state index in [1.54, 1.807) is 6.20 Å². The van der Waals surface area contributed by atoms with Crippen molar-refractivity contribution in [2.24, 2.45) is 0 Å². The van der Waals surface area contributed by atoms with Crippen LogP contribution in [0.25, 0.3) is 28.2 Å². The number of halogens is 1. The number of aliphatic hydroxyl groups excluding tert-OH is 1. The number of benzene rings is 1. The summed E-state index contributed by atoms with van der Waals surface area (Å²) >= 11 is 8.11. The number of hydrogen-bond donors (Lipinski definition) is 2. The molecular weight excluding hydrogens is 564 g/mol. The molecule has 0 spiro atoms. The third kappa shape index (κ3) is 4.15. The number of aromatic amines is 1. The minimum absolute atomic E-state index is 0. The molecule has 5 unspecified atom stereocenters. The van der Waals surface area contributed by atoms with Crippen molar-refractivity contribution in [1.29, 1.82) is 0 Å². The van der Waals surface area contributed by atoms with Gasteiger partial charge in [0.25, 0.3) is 5.56 Å². The van der Waals surface area contributed by atoms with E-state index < -0.39 is 31.3 Å². The SMILES string of the molecule is O.O=c1c2nc(Br)n(C3OC4COP([O-])(=S)OC4C3O)c2nc2[nH]c(-c3ccccc3)cn12.[Na+]. The van der Waals surface area contributed by atoms with Crippen LogP contribution in [0.15, 0.2) is 46.1 Å². The molecule has 0 aliphatic carbocycles. The molecule has 2 aliphatic rings.